The number of hydrogen-bond donors (Lipinski definition) is 1. The van der Waals surface area contributed by atoms with E-state index >= 15 is 0 Å². The zero-order valence-electron chi connectivity index (χ0n) is 16.4. The Kier molecular flexibility index (Phi) is 5.58. The third-order valence-corrected chi connectivity index (χ3v) is 5.85. The summed E-state index contributed by atoms with van der Waals surface area (Å²) in [6, 6.07) is 21.8. The molecule has 1 N–H and O–H groups in total. The molecule has 0 unspecified atom stereocenters. The van der Waals surface area contributed by atoms with E-state index in [1.165, 1.54) is 4.70 Å². The summed E-state index contributed by atoms with van der Waals surface area (Å²) in [4.78, 5) is 17.0. The molecule has 0 fully saturated rings. The van der Waals surface area contributed by atoms with Crippen LogP contribution in [-0.2, 0) is 11.2 Å². The van der Waals surface area contributed by atoms with E-state index < -0.39 is 0 Å². The molecule has 3 aromatic carbocycles. The standard InChI is InChI=1S/C24H22N2O2S/c1-3-17-8-6-7-16(2)23(17)26-22(27)15-28-19-13-11-18(12-14-19)24-25-20-9-4-5-10-21(20)29-24/h4-14H,3,15H2,1-2H3,(H,26,27). The molecule has 0 aliphatic heterocycles. The second-order valence-electron chi connectivity index (χ2n) is 6.81. The number of hydrogen-bond acceptors (Lipinski definition) is 4. The van der Waals surface area contributed by atoms with Crippen molar-refractivity contribution in [1.29, 1.82) is 0 Å². The number of para-hydroxylation sites is 2. The van der Waals surface area contributed by atoms with Crippen LogP contribution in [0.5, 0.6) is 5.75 Å². The predicted octanol–water partition coefficient (Wildman–Crippen LogP) is 5.85. The van der Waals surface area contributed by atoms with Gasteiger partial charge in [0.1, 0.15) is 10.8 Å². The number of rotatable bonds is 6. The Morgan fingerprint density at radius 1 is 1.03 bits per heavy atom. The first-order chi connectivity index (χ1) is 14.1. The Balaban J connectivity index is 1.40. The topological polar surface area (TPSA) is 51.2 Å². The first-order valence-electron chi connectivity index (χ1n) is 9.61. The lowest BCUT2D eigenvalue weighted by atomic mass is 10.1. The number of benzene rings is 3. The van der Waals surface area contributed by atoms with E-state index in [4.69, 9.17) is 4.74 Å². The molecular formula is C24H22N2O2S. The molecule has 1 amide bonds. The number of anilines is 1. The fourth-order valence-corrected chi connectivity index (χ4v) is 4.19. The average molecular weight is 403 g/mol. The SMILES string of the molecule is CCc1cccc(C)c1NC(=O)COc1ccc(-c2nc3ccccc3s2)cc1. The fraction of sp³-hybridized carbons (Fsp3) is 0.167. The van der Waals surface area contributed by atoms with Crippen LogP contribution < -0.4 is 10.1 Å². The van der Waals surface area contributed by atoms with Crippen molar-refractivity contribution in [3.63, 3.8) is 0 Å². The lowest BCUT2D eigenvalue weighted by Crippen LogP contribution is -2.21. The van der Waals surface area contributed by atoms with Crippen molar-refractivity contribution in [3.8, 4) is 16.3 Å². The zero-order valence-corrected chi connectivity index (χ0v) is 17.3. The van der Waals surface area contributed by atoms with Crippen LogP contribution in [0.4, 0.5) is 5.69 Å². The van der Waals surface area contributed by atoms with Gasteiger partial charge in [0.15, 0.2) is 6.61 Å². The molecule has 0 spiro atoms. The molecule has 4 rings (SSSR count). The number of nitrogens with one attached hydrogen (secondary N) is 1. The van der Waals surface area contributed by atoms with Crippen molar-refractivity contribution in [3.05, 3.63) is 77.9 Å². The van der Waals surface area contributed by atoms with Crippen molar-refractivity contribution in [2.75, 3.05) is 11.9 Å². The van der Waals surface area contributed by atoms with Crippen molar-refractivity contribution >= 4 is 33.1 Å². The van der Waals surface area contributed by atoms with Gasteiger partial charge in [-0.25, -0.2) is 4.98 Å². The number of carbonyl (C=O) groups excluding carboxylic acids is 1. The summed E-state index contributed by atoms with van der Waals surface area (Å²) in [7, 11) is 0. The number of amides is 1. The van der Waals surface area contributed by atoms with Crippen LogP contribution >= 0.6 is 11.3 Å². The lowest BCUT2D eigenvalue weighted by molar-refractivity contribution is -0.118. The van der Waals surface area contributed by atoms with Gasteiger partial charge in [0, 0.05) is 11.3 Å². The molecule has 29 heavy (non-hydrogen) atoms. The van der Waals surface area contributed by atoms with Gasteiger partial charge >= 0.3 is 0 Å². The van der Waals surface area contributed by atoms with E-state index in [0.29, 0.717) is 5.75 Å². The van der Waals surface area contributed by atoms with Crippen LogP contribution in [0.25, 0.3) is 20.8 Å². The van der Waals surface area contributed by atoms with E-state index in [0.717, 1.165) is 39.3 Å². The van der Waals surface area contributed by atoms with E-state index in [-0.39, 0.29) is 12.5 Å². The smallest absolute Gasteiger partial charge is 0.262 e. The van der Waals surface area contributed by atoms with Gasteiger partial charge in [-0.3, -0.25) is 4.79 Å². The maximum atomic E-state index is 12.3. The molecule has 0 saturated heterocycles. The van der Waals surface area contributed by atoms with Crippen LogP contribution in [0.15, 0.2) is 66.7 Å². The van der Waals surface area contributed by atoms with E-state index in [1.54, 1.807) is 11.3 Å². The highest BCUT2D eigenvalue weighted by molar-refractivity contribution is 7.21. The van der Waals surface area contributed by atoms with E-state index in [1.807, 2.05) is 67.6 Å². The summed E-state index contributed by atoms with van der Waals surface area (Å²) in [6.07, 6.45) is 0.866. The summed E-state index contributed by atoms with van der Waals surface area (Å²) in [5, 5.41) is 3.95. The number of ether oxygens (including phenoxy) is 1. The third kappa shape index (κ3) is 4.30. The third-order valence-electron chi connectivity index (χ3n) is 4.77. The first-order valence-corrected chi connectivity index (χ1v) is 10.4. The number of nitrogens with zero attached hydrogens (tertiary/aromatic N) is 1. The Labute approximate surface area is 174 Å². The van der Waals surface area contributed by atoms with Crippen LogP contribution in [0.3, 0.4) is 0 Å². The monoisotopic (exact) mass is 402 g/mol. The molecule has 0 atom stereocenters. The normalized spacial score (nSPS) is 10.8. The van der Waals surface area contributed by atoms with Crippen molar-refractivity contribution in [2.24, 2.45) is 0 Å². The minimum Gasteiger partial charge on any atom is -0.484 e. The molecule has 5 heteroatoms. The van der Waals surface area contributed by atoms with Gasteiger partial charge in [0.25, 0.3) is 5.91 Å². The number of aryl methyl sites for hydroxylation is 2. The van der Waals surface area contributed by atoms with Crippen LogP contribution in [0, 0.1) is 6.92 Å². The molecular weight excluding hydrogens is 380 g/mol. The second-order valence-corrected chi connectivity index (χ2v) is 7.84. The number of carbonyl (C=O) groups is 1. The number of fused-ring (bicyclic) bond motifs is 1. The molecule has 146 valence electrons. The Hall–Kier alpha value is -3.18. The maximum Gasteiger partial charge on any atom is 0.262 e. The minimum absolute atomic E-state index is 0.0298. The molecule has 0 aliphatic carbocycles. The molecule has 4 aromatic rings. The zero-order chi connectivity index (χ0) is 20.2. The van der Waals surface area contributed by atoms with E-state index in [2.05, 4.69) is 23.3 Å². The Bertz CT molecular complexity index is 1120. The van der Waals surface area contributed by atoms with Crippen LogP contribution in [0.2, 0.25) is 0 Å². The van der Waals surface area contributed by atoms with Gasteiger partial charge in [-0.2, -0.15) is 0 Å². The van der Waals surface area contributed by atoms with Gasteiger partial charge in [-0.1, -0.05) is 37.3 Å². The summed E-state index contributed by atoms with van der Waals surface area (Å²) < 4.78 is 6.84. The molecule has 0 radical (unpaired) electrons. The lowest BCUT2D eigenvalue weighted by Gasteiger charge is -2.13. The number of thiazole rings is 1. The van der Waals surface area contributed by atoms with Crippen molar-refractivity contribution < 1.29 is 9.53 Å². The van der Waals surface area contributed by atoms with Crippen LogP contribution in [0.1, 0.15) is 18.1 Å². The van der Waals surface area contributed by atoms with Gasteiger partial charge in [0.2, 0.25) is 0 Å². The highest BCUT2D eigenvalue weighted by Crippen LogP contribution is 2.30. The molecule has 1 heterocycles. The second kappa shape index (κ2) is 8.45. The Morgan fingerprint density at radius 3 is 2.59 bits per heavy atom. The molecule has 0 saturated carbocycles. The highest BCUT2D eigenvalue weighted by atomic mass is 32.1. The average Bonchev–Trinajstić information content (AvgIpc) is 3.18. The largest absolute Gasteiger partial charge is 0.484 e. The molecule has 1 aromatic heterocycles. The highest BCUT2D eigenvalue weighted by Gasteiger charge is 2.10. The molecule has 0 bridgehead atoms. The fourth-order valence-electron chi connectivity index (χ4n) is 3.22. The predicted molar refractivity (Wildman–Crippen MR) is 120 cm³/mol. The quantitative estimate of drug-likeness (QED) is 0.440. The van der Waals surface area contributed by atoms with Gasteiger partial charge in [-0.05, 0) is 60.9 Å². The van der Waals surface area contributed by atoms with Gasteiger partial charge in [-0.15, -0.1) is 11.3 Å². The summed E-state index contributed by atoms with van der Waals surface area (Å²) in [6.45, 7) is 4.04. The first kappa shape index (κ1) is 19.2. The molecule has 4 nitrogen and oxygen atoms in total. The summed E-state index contributed by atoms with van der Waals surface area (Å²) in [5.41, 5.74) is 5.11. The van der Waals surface area contributed by atoms with Crippen molar-refractivity contribution in [2.45, 2.75) is 20.3 Å². The maximum absolute atomic E-state index is 12.3. The number of aromatic nitrogens is 1. The summed E-state index contributed by atoms with van der Waals surface area (Å²) >= 11 is 1.66. The minimum atomic E-state index is -0.163. The van der Waals surface area contributed by atoms with Crippen LogP contribution in [-0.4, -0.2) is 17.5 Å². The van der Waals surface area contributed by atoms with Gasteiger partial charge in [0.05, 0.1) is 10.2 Å². The Morgan fingerprint density at radius 2 is 1.83 bits per heavy atom. The van der Waals surface area contributed by atoms with E-state index in [9.17, 15) is 4.79 Å². The van der Waals surface area contributed by atoms with Gasteiger partial charge < -0.3 is 10.1 Å². The molecule has 0 aliphatic rings. The summed E-state index contributed by atoms with van der Waals surface area (Å²) in [5.74, 6) is 0.495. The van der Waals surface area contributed by atoms with Crippen molar-refractivity contribution in [1.82, 2.24) is 4.98 Å².